The number of nitrogens with one attached hydrogen (secondary N) is 2. The Morgan fingerprint density at radius 3 is 2.40 bits per heavy atom. The molecule has 90 valence electrons. The molecule has 0 unspecified atom stereocenters. The highest BCUT2D eigenvalue weighted by molar-refractivity contribution is 5.79. The van der Waals surface area contributed by atoms with Crippen LogP contribution >= 0.6 is 0 Å². The fourth-order valence-corrected chi connectivity index (χ4v) is 1.28. The van der Waals surface area contributed by atoms with Crippen LogP contribution in [0.5, 0.6) is 0 Å². The molecule has 0 aliphatic heterocycles. The lowest BCUT2D eigenvalue weighted by Crippen LogP contribution is -2.39. The summed E-state index contributed by atoms with van der Waals surface area (Å²) in [6.45, 7) is 8.63. The van der Waals surface area contributed by atoms with Crippen molar-refractivity contribution in [2.24, 2.45) is 10.9 Å². The first-order valence-electron chi connectivity index (χ1n) is 6.15. The molecule has 0 rings (SSSR count). The van der Waals surface area contributed by atoms with Gasteiger partial charge in [-0.3, -0.25) is 4.99 Å². The first-order valence-corrected chi connectivity index (χ1v) is 6.15. The van der Waals surface area contributed by atoms with Gasteiger partial charge >= 0.3 is 0 Å². The van der Waals surface area contributed by atoms with Crippen LogP contribution in [0.3, 0.4) is 0 Å². The van der Waals surface area contributed by atoms with Gasteiger partial charge in [0.25, 0.3) is 0 Å². The minimum absolute atomic E-state index is 0.656. The third-order valence-corrected chi connectivity index (χ3v) is 2.22. The molecule has 0 aromatic heterocycles. The maximum atomic E-state index is 4.17. The Hall–Kier alpha value is -0.730. The molecule has 0 heterocycles. The van der Waals surface area contributed by atoms with E-state index in [0.717, 1.165) is 19.0 Å². The molecule has 15 heavy (non-hydrogen) atoms. The first kappa shape index (κ1) is 14.3. The molecule has 0 radical (unpaired) electrons. The van der Waals surface area contributed by atoms with Crippen LogP contribution in [0.2, 0.25) is 0 Å². The van der Waals surface area contributed by atoms with Crippen LogP contribution in [0.4, 0.5) is 0 Å². The van der Waals surface area contributed by atoms with Gasteiger partial charge in [0, 0.05) is 20.1 Å². The quantitative estimate of drug-likeness (QED) is 0.387. The Kier molecular flexibility index (Phi) is 9.33. The van der Waals surface area contributed by atoms with Crippen molar-refractivity contribution in [1.82, 2.24) is 10.6 Å². The highest BCUT2D eigenvalue weighted by Crippen LogP contribution is 1.96. The summed E-state index contributed by atoms with van der Waals surface area (Å²) >= 11 is 0. The molecule has 0 aliphatic rings. The number of guanidine groups is 1. The van der Waals surface area contributed by atoms with E-state index in [9.17, 15) is 0 Å². The standard InChI is InChI=1S/C12H27N3/c1-5-6-7-8-9-14-12(13-4)15-10-11(2)3/h11H,5-10H2,1-4H3,(H2,13,14,15). The summed E-state index contributed by atoms with van der Waals surface area (Å²) in [5.41, 5.74) is 0. The maximum absolute atomic E-state index is 4.17. The fourth-order valence-electron chi connectivity index (χ4n) is 1.28. The number of hydrogen-bond acceptors (Lipinski definition) is 1. The fraction of sp³-hybridized carbons (Fsp3) is 0.917. The zero-order valence-electron chi connectivity index (χ0n) is 10.8. The van der Waals surface area contributed by atoms with Crippen molar-refractivity contribution in [1.29, 1.82) is 0 Å². The largest absolute Gasteiger partial charge is 0.356 e. The minimum Gasteiger partial charge on any atom is -0.356 e. The van der Waals surface area contributed by atoms with Crippen molar-refractivity contribution in [2.75, 3.05) is 20.1 Å². The second-order valence-corrected chi connectivity index (χ2v) is 4.33. The van der Waals surface area contributed by atoms with Gasteiger partial charge in [0.2, 0.25) is 0 Å². The number of nitrogens with zero attached hydrogens (tertiary/aromatic N) is 1. The smallest absolute Gasteiger partial charge is 0.190 e. The van der Waals surface area contributed by atoms with Crippen LogP contribution in [-0.4, -0.2) is 26.1 Å². The molecule has 0 aromatic rings. The molecule has 0 amide bonds. The van der Waals surface area contributed by atoms with E-state index >= 15 is 0 Å². The van der Waals surface area contributed by atoms with Crippen molar-refractivity contribution in [3.63, 3.8) is 0 Å². The average molecular weight is 213 g/mol. The van der Waals surface area contributed by atoms with Crippen molar-refractivity contribution < 1.29 is 0 Å². The summed E-state index contributed by atoms with van der Waals surface area (Å²) in [5, 5.41) is 6.62. The van der Waals surface area contributed by atoms with Crippen LogP contribution in [0.1, 0.15) is 46.5 Å². The minimum atomic E-state index is 0.656. The van der Waals surface area contributed by atoms with E-state index in [1.54, 1.807) is 0 Å². The van der Waals surface area contributed by atoms with Gasteiger partial charge in [-0.05, 0) is 12.3 Å². The summed E-state index contributed by atoms with van der Waals surface area (Å²) in [5.74, 6) is 1.59. The zero-order chi connectivity index (χ0) is 11.5. The van der Waals surface area contributed by atoms with E-state index in [1.165, 1.54) is 25.7 Å². The molecule has 0 aromatic carbocycles. The Balaban J connectivity index is 3.46. The highest BCUT2D eigenvalue weighted by atomic mass is 15.2. The summed E-state index contributed by atoms with van der Waals surface area (Å²) in [7, 11) is 1.82. The van der Waals surface area contributed by atoms with Crippen LogP contribution in [0.15, 0.2) is 4.99 Å². The summed E-state index contributed by atoms with van der Waals surface area (Å²) < 4.78 is 0. The van der Waals surface area contributed by atoms with Gasteiger partial charge in [-0.1, -0.05) is 40.0 Å². The molecule has 3 nitrogen and oxygen atoms in total. The number of rotatable bonds is 7. The second-order valence-electron chi connectivity index (χ2n) is 4.33. The van der Waals surface area contributed by atoms with Crippen molar-refractivity contribution in [3.8, 4) is 0 Å². The highest BCUT2D eigenvalue weighted by Gasteiger charge is 1.97. The first-order chi connectivity index (χ1) is 7.20. The summed E-state index contributed by atoms with van der Waals surface area (Å²) in [4.78, 5) is 4.17. The second kappa shape index (κ2) is 9.81. The monoisotopic (exact) mass is 213 g/mol. The van der Waals surface area contributed by atoms with E-state index in [2.05, 4.69) is 36.4 Å². The van der Waals surface area contributed by atoms with Crippen molar-refractivity contribution >= 4 is 5.96 Å². The van der Waals surface area contributed by atoms with Gasteiger partial charge in [-0.2, -0.15) is 0 Å². The summed E-state index contributed by atoms with van der Waals surface area (Å²) in [6, 6.07) is 0. The third-order valence-electron chi connectivity index (χ3n) is 2.22. The topological polar surface area (TPSA) is 36.4 Å². The molecule has 2 N–H and O–H groups in total. The molecule has 3 heteroatoms. The van der Waals surface area contributed by atoms with Gasteiger partial charge in [0.05, 0.1) is 0 Å². The van der Waals surface area contributed by atoms with E-state index in [1.807, 2.05) is 7.05 Å². The SMILES string of the molecule is CCCCCCNC(=NC)NCC(C)C. The Morgan fingerprint density at radius 1 is 1.13 bits per heavy atom. The molecule has 0 saturated heterocycles. The van der Waals surface area contributed by atoms with Gasteiger partial charge in [-0.15, -0.1) is 0 Å². The lowest BCUT2D eigenvalue weighted by atomic mass is 10.2. The van der Waals surface area contributed by atoms with Gasteiger partial charge in [0.1, 0.15) is 0 Å². The molecule has 0 saturated carbocycles. The Morgan fingerprint density at radius 2 is 1.87 bits per heavy atom. The third kappa shape index (κ3) is 9.57. The predicted octanol–water partition coefficient (Wildman–Crippen LogP) is 2.39. The maximum Gasteiger partial charge on any atom is 0.190 e. The lowest BCUT2D eigenvalue weighted by Gasteiger charge is -2.13. The normalized spacial score (nSPS) is 11.9. The van der Waals surface area contributed by atoms with Crippen LogP contribution < -0.4 is 10.6 Å². The molecular formula is C12H27N3. The Labute approximate surface area is 94.7 Å². The van der Waals surface area contributed by atoms with E-state index < -0.39 is 0 Å². The van der Waals surface area contributed by atoms with E-state index in [-0.39, 0.29) is 0 Å². The molecule has 0 aliphatic carbocycles. The number of aliphatic imine (C=N–C) groups is 1. The van der Waals surface area contributed by atoms with Crippen molar-refractivity contribution in [2.45, 2.75) is 46.5 Å². The molecule has 0 atom stereocenters. The van der Waals surface area contributed by atoms with Gasteiger partial charge < -0.3 is 10.6 Å². The Bertz CT molecular complexity index is 164. The molecule has 0 bridgehead atoms. The molecule has 0 spiro atoms. The molecular weight excluding hydrogens is 186 g/mol. The number of unbranched alkanes of at least 4 members (excludes halogenated alkanes) is 3. The average Bonchev–Trinajstić information content (AvgIpc) is 2.22. The summed E-state index contributed by atoms with van der Waals surface area (Å²) in [6.07, 6.45) is 5.17. The van der Waals surface area contributed by atoms with Crippen molar-refractivity contribution in [3.05, 3.63) is 0 Å². The van der Waals surface area contributed by atoms with Crippen LogP contribution in [0, 0.1) is 5.92 Å². The van der Waals surface area contributed by atoms with Crippen LogP contribution in [-0.2, 0) is 0 Å². The molecule has 0 fully saturated rings. The van der Waals surface area contributed by atoms with E-state index in [0.29, 0.717) is 5.92 Å². The van der Waals surface area contributed by atoms with E-state index in [4.69, 9.17) is 0 Å². The lowest BCUT2D eigenvalue weighted by molar-refractivity contribution is 0.606. The van der Waals surface area contributed by atoms with Gasteiger partial charge in [0.15, 0.2) is 5.96 Å². The predicted molar refractivity (Wildman–Crippen MR) is 68.3 cm³/mol. The zero-order valence-corrected chi connectivity index (χ0v) is 10.8. The number of hydrogen-bond donors (Lipinski definition) is 2. The van der Waals surface area contributed by atoms with Gasteiger partial charge in [-0.25, -0.2) is 0 Å². The van der Waals surface area contributed by atoms with Crippen LogP contribution in [0.25, 0.3) is 0 Å².